The summed E-state index contributed by atoms with van der Waals surface area (Å²) in [4.78, 5) is 5.08. The molecule has 256 valence electrons. The molecule has 0 saturated heterocycles. The highest BCUT2D eigenvalue weighted by Crippen LogP contribution is 2.35. The van der Waals surface area contributed by atoms with Crippen molar-refractivity contribution in [1.82, 2.24) is 4.98 Å². The van der Waals surface area contributed by atoms with Crippen molar-refractivity contribution in [1.29, 1.82) is 0 Å². The number of quaternary nitrogens is 2. The van der Waals surface area contributed by atoms with Gasteiger partial charge in [0.2, 0.25) is 0 Å². The molecule has 1 aromatic rings. The molecular formula is C39H75N3O2+2. The highest BCUT2D eigenvalue weighted by Gasteiger charge is 2.30. The van der Waals surface area contributed by atoms with Crippen molar-refractivity contribution in [3.8, 4) is 5.75 Å². The summed E-state index contributed by atoms with van der Waals surface area (Å²) in [5, 5.41) is 0. The minimum Gasteiger partial charge on any atom is -0.462 e. The summed E-state index contributed by atoms with van der Waals surface area (Å²) in [5.41, 5.74) is 3.66. The highest BCUT2D eigenvalue weighted by atomic mass is 16.7. The topological polar surface area (TPSA) is 31.4 Å². The summed E-state index contributed by atoms with van der Waals surface area (Å²) < 4.78 is 14.6. The molecule has 0 aromatic carbocycles. The molecule has 0 spiro atoms. The first-order valence-electron chi connectivity index (χ1n) is 19.1. The molecule has 44 heavy (non-hydrogen) atoms. The van der Waals surface area contributed by atoms with Crippen molar-refractivity contribution < 1.29 is 18.4 Å². The van der Waals surface area contributed by atoms with Crippen LogP contribution in [0.15, 0.2) is 6.20 Å². The standard InChI is InChI=1S/C39H75N3O2/c1-8-11-13-15-17-19-21-23-25-27-29-41(4,5)32-35-31-40-37(39-36(35)34-43-38(10-3)44-39)33-42(6,7)30-28-26-24-22-20-18-16-14-12-9-2/h31,38H,8-30,32-34H2,1-7H3/q+2. The first-order valence-corrected chi connectivity index (χ1v) is 19.1. The fraction of sp³-hybridized carbons (Fsp3) is 0.872. The maximum Gasteiger partial charge on any atom is 0.200 e. The molecule has 5 heteroatoms. The fourth-order valence-electron chi connectivity index (χ4n) is 6.78. The van der Waals surface area contributed by atoms with Crippen LogP contribution in [0.1, 0.15) is 172 Å². The SMILES string of the molecule is CCCCCCCCCCCC[N+](C)(C)Cc1cnc(C[N+](C)(C)CCCCCCCCCCCC)c2c1COC(CC)O2. The molecule has 2 rings (SSSR count). The van der Waals surface area contributed by atoms with Gasteiger partial charge in [-0.25, -0.2) is 0 Å². The van der Waals surface area contributed by atoms with Gasteiger partial charge in [-0.3, -0.25) is 4.98 Å². The molecule has 0 fully saturated rings. The van der Waals surface area contributed by atoms with Crippen molar-refractivity contribution in [3.05, 3.63) is 23.0 Å². The van der Waals surface area contributed by atoms with Crippen molar-refractivity contribution in [2.24, 2.45) is 0 Å². The molecule has 0 radical (unpaired) electrons. The zero-order chi connectivity index (χ0) is 32.1. The predicted molar refractivity (Wildman–Crippen MR) is 189 cm³/mol. The number of rotatable bonds is 27. The molecular weight excluding hydrogens is 542 g/mol. The molecule has 0 saturated carbocycles. The Labute approximate surface area is 274 Å². The minimum absolute atomic E-state index is 0.162. The van der Waals surface area contributed by atoms with Crippen LogP contribution in [-0.4, -0.2) is 61.5 Å². The summed E-state index contributed by atoms with van der Waals surface area (Å²) in [6, 6.07) is 0. The second kappa shape index (κ2) is 22.4. The van der Waals surface area contributed by atoms with Crippen molar-refractivity contribution in [2.75, 3.05) is 41.3 Å². The largest absolute Gasteiger partial charge is 0.462 e. The summed E-state index contributed by atoms with van der Waals surface area (Å²) >= 11 is 0. The number of hydrogen-bond donors (Lipinski definition) is 0. The lowest BCUT2D eigenvalue weighted by molar-refractivity contribution is -0.904. The molecule has 0 bridgehead atoms. The molecule has 1 aliphatic heterocycles. The zero-order valence-electron chi connectivity index (χ0n) is 30.7. The Morgan fingerprint density at radius 2 is 1.05 bits per heavy atom. The van der Waals surface area contributed by atoms with Gasteiger partial charge < -0.3 is 18.4 Å². The predicted octanol–water partition coefficient (Wildman–Crippen LogP) is 10.7. The Morgan fingerprint density at radius 1 is 0.614 bits per heavy atom. The van der Waals surface area contributed by atoms with Gasteiger partial charge in [0.25, 0.3) is 0 Å². The smallest absolute Gasteiger partial charge is 0.200 e. The van der Waals surface area contributed by atoms with Gasteiger partial charge in [-0.2, -0.15) is 0 Å². The lowest BCUT2D eigenvalue weighted by Gasteiger charge is -2.35. The molecule has 2 heterocycles. The first-order chi connectivity index (χ1) is 21.2. The van der Waals surface area contributed by atoms with Crippen LogP contribution in [-0.2, 0) is 24.4 Å². The fourth-order valence-corrected chi connectivity index (χ4v) is 6.78. The van der Waals surface area contributed by atoms with Crippen LogP contribution >= 0.6 is 0 Å². The molecule has 1 aromatic heterocycles. The lowest BCUT2D eigenvalue weighted by Crippen LogP contribution is -2.41. The summed E-state index contributed by atoms with van der Waals surface area (Å²) in [6.45, 7) is 11.7. The van der Waals surface area contributed by atoms with E-state index in [1.54, 1.807) is 0 Å². The van der Waals surface area contributed by atoms with E-state index in [0.29, 0.717) is 6.61 Å². The molecule has 1 atom stereocenters. The molecule has 0 N–H and O–H groups in total. The Bertz CT molecular complexity index is 869. The number of fused-ring (bicyclic) bond motifs is 1. The molecule has 5 nitrogen and oxygen atoms in total. The van der Waals surface area contributed by atoms with Crippen molar-refractivity contribution >= 4 is 0 Å². The van der Waals surface area contributed by atoms with Crippen LogP contribution in [0, 0.1) is 0 Å². The van der Waals surface area contributed by atoms with Gasteiger partial charge in [-0.15, -0.1) is 0 Å². The molecule has 0 aliphatic carbocycles. The number of unbranched alkanes of at least 4 members (excludes halogenated alkanes) is 18. The van der Waals surface area contributed by atoms with Gasteiger partial charge in [-0.05, 0) is 25.7 Å². The van der Waals surface area contributed by atoms with E-state index in [2.05, 4.69) is 55.2 Å². The van der Waals surface area contributed by atoms with E-state index in [-0.39, 0.29) is 6.29 Å². The van der Waals surface area contributed by atoms with E-state index >= 15 is 0 Å². The van der Waals surface area contributed by atoms with E-state index in [9.17, 15) is 0 Å². The van der Waals surface area contributed by atoms with E-state index in [1.165, 1.54) is 153 Å². The van der Waals surface area contributed by atoms with Crippen LogP contribution in [0.3, 0.4) is 0 Å². The number of nitrogens with zero attached hydrogens (tertiary/aromatic N) is 3. The normalized spacial score (nSPS) is 15.4. The number of hydrogen-bond acceptors (Lipinski definition) is 3. The molecule has 1 unspecified atom stereocenters. The van der Waals surface area contributed by atoms with Gasteiger partial charge in [0, 0.05) is 23.7 Å². The van der Waals surface area contributed by atoms with E-state index in [1.807, 2.05) is 0 Å². The van der Waals surface area contributed by atoms with Crippen LogP contribution < -0.4 is 4.74 Å². The Kier molecular flexibility index (Phi) is 19.8. The number of aromatic nitrogens is 1. The van der Waals surface area contributed by atoms with Crippen molar-refractivity contribution in [3.63, 3.8) is 0 Å². The van der Waals surface area contributed by atoms with Gasteiger partial charge in [-0.1, -0.05) is 124 Å². The average molecular weight is 618 g/mol. The maximum atomic E-state index is 6.48. The zero-order valence-corrected chi connectivity index (χ0v) is 30.7. The molecule has 0 amide bonds. The van der Waals surface area contributed by atoms with Gasteiger partial charge in [0.1, 0.15) is 18.8 Å². The summed E-state index contributed by atoms with van der Waals surface area (Å²) in [7, 11) is 9.47. The third-order valence-electron chi connectivity index (χ3n) is 9.71. The second-order valence-corrected chi connectivity index (χ2v) is 15.3. The number of pyridine rings is 1. The number of ether oxygens (including phenoxy) is 2. The highest BCUT2D eigenvalue weighted by molar-refractivity contribution is 5.42. The van der Waals surface area contributed by atoms with Crippen LogP contribution in [0.25, 0.3) is 0 Å². The Morgan fingerprint density at radius 3 is 1.50 bits per heavy atom. The monoisotopic (exact) mass is 618 g/mol. The van der Waals surface area contributed by atoms with E-state index in [0.717, 1.165) is 39.9 Å². The average Bonchev–Trinajstić information content (AvgIpc) is 2.99. The van der Waals surface area contributed by atoms with Gasteiger partial charge >= 0.3 is 0 Å². The van der Waals surface area contributed by atoms with Gasteiger partial charge in [0.15, 0.2) is 12.0 Å². The molecule has 1 aliphatic rings. The van der Waals surface area contributed by atoms with Crippen LogP contribution in [0.2, 0.25) is 0 Å². The maximum absolute atomic E-state index is 6.48. The minimum atomic E-state index is -0.162. The Balaban J connectivity index is 1.84. The summed E-state index contributed by atoms with van der Waals surface area (Å²) in [5.74, 6) is 1.02. The Hall–Kier alpha value is -1.17. The third-order valence-corrected chi connectivity index (χ3v) is 9.71. The van der Waals surface area contributed by atoms with Crippen LogP contribution in [0.4, 0.5) is 0 Å². The quantitative estimate of drug-likeness (QED) is 0.0727. The van der Waals surface area contributed by atoms with Crippen molar-refractivity contribution in [2.45, 2.75) is 182 Å². The lowest BCUT2D eigenvalue weighted by atomic mass is 10.0. The van der Waals surface area contributed by atoms with Gasteiger partial charge in [0.05, 0.1) is 47.9 Å². The third kappa shape index (κ3) is 16.4. The summed E-state index contributed by atoms with van der Waals surface area (Å²) in [6.07, 6.45) is 30.5. The second-order valence-electron chi connectivity index (χ2n) is 15.3. The first kappa shape index (κ1) is 39.0. The van der Waals surface area contributed by atoms with E-state index < -0.39 is 0 Å². The van der Waals surface area contributed by atoms with E-state index in [4.69, 9.17) is 14.5 Å². The van der Waals surface area contributed by atoms with Crippen LogP contribution in [0.5, 0.6) is 5.75 Å².